The van der Waals surface area contributed by atoms with E-state index in [1.165, 1.54) is 11.1 Å². The van der Waals surface area contributed by atoms with Crippen LogP contribution in [0.15, 0.2) is 48.5 Å². The van der Waals surface area contributed by atoms with E-state index >= 15 is 0 Å². The van der Waals surface area contributed by atoms with Gasteiger partial charge in [0, 0.05) is 15.6 Å². The van der Waals surface area contributed by atoms with Crippen molar-refractivity contribution in [2.75, 3.05) is 0 Å². The van der Waals surface area contributed by atoms with Crippen molar-refractivity contribution in [2.45, 2.75) is 18.8 Å². The molecule has 0 heterocycles. The van der Waals surface area contributed by atoms with Gasteiger partial charge in [-0.25, -0.2) is 0 Å². The van der Waals surface area contributed by atoms with E-state index in [1.54, 1.807) is 0 Å². The van der Waals surface area contributed by atoms with Gasteiger partial charge in [0.05, 0.1) is 0 Å². The van der Waals surface area contributed by atoms with Crippen LogP contribution in [-0.4, -0.2) is 5.78 Å². The van der Waals surface area contributed by atoms with E-state index in [0.717, 1.165) is 15.6 Å². The van der Waals surface area contributed by atoms with Gasteiger partial charge in [0.2, 0.25) is 0 Å². The molecule has 90 valence electrons. The first-order valence-electron chi connectivity index (χ1n) is 6.10. The Bertz CT molecular complexity index is 586. The summed E-state index contributed by atoms with van der Waals surface area (Å²) in [7, 11) is 0. The topological polar surface area (TPSA) is 17.1 Å². The molecule has 1 unspecified atom stereocenters. The molecule has 1 aliphatic rings. The third-order valence-electron chi connectivity index (χ3n) is 3.56. The molecule has 3 rings (SSSR count). The predicted molar refractivity (Wildman–Crippen MR) is 81.0 cm³/mol. The number of benzene rings is 2. The minimum absolute atomic E-state index is 0.255. The van der Waals surface area contributed by atoms with Crippen molar-refractivity contribution in [3.05, 3.63) is 68.8 Å². The summed E-state index contributed by atoms with van der Waals surface area (Å²) in [5, 5.41) is 0. The largest absolute Gasteiger partial charge is 0.294 e. The predicted octanol–water partition coefficient (Wildman–Crippen LogP) is 4.20. The van der Waals surface area contributed by atoms with E-state index in [-0.39, 0.29) is 5.78 Å². The normalized spacial score (nSPS) is 16.8. The molecule has 0 bridgehead atoms. The van der Waals surface area contributed by atoms with E-state index in [4.69, 9.17) is 0 Å². The first-order valence-corrected chi connectivity index (χ1v) is 7.18. The first-order chi connectivity index (χ1) is 8.74. The fourth-order valence-electron chi connectivity index (χ4n) is 2.52. The highest BCUT2D eigenvalue weighted by Gasteiger charge is 2.27. The molecule has 1 atom stereocenters. The van der Waals surface area contributed by atoms with E-state index in [0.29, 0.717) is 12.3 Å². The maximum absolute atomic E-state index is 12.2. The van der Waals surface area contributed by atoms with Gasteiger partial charge in [0.15, 0.2) is 5.78 Å². The van der Waals surface area contributed by atoms with Crippen LogP contribution >= 0.6 is 22.6 Å². The van der Waals surface area contributed by atoms with Crippen molar-refractivity contribution < 1.29 is 4.79 Å². The third-order valence-corrected chi connectivity index (χ3v) is 4.28. The van der Waals surface area contributed by atoms with Gasteiger partial charge in [-0.05, 0) is 58.2 Å². The number of fused-ring (bicyclic) bond motifs is 1. The Hall–Kier alpha value is -1.16. The zero-order valence-corrected chi connectivity index (χ0v) is 12.1. The lowest BCUT2D eigenvalue weighted by molar-refractivity contribution is 0.0970. The molecular weight excluding hydrogens is 335 g/mol. The van der Waals surface area contributed by atoms with Crippen molar-refractivity contribution in [3.63, 3.8) is 0 Å². The standard InChI is InChI=1S/C16H13IO/c17-14-7-5-11(6-8-14)16(18)10-13-9-12-3-1-2-4-15(12)13/h1-8,13H,9-10H2. The van der Waals surface area contributed by atoms with Gasteiger partial charge in [0.25, 0.3) is 0 Å². The summed E-state index contributed by atoms with van der Waals surface area (Å²) in [5.74, 6) is 0.680. The Morgan fingerprint density at radius 1 is 1.11 bits per heavy atom. The lowest BCUT2D eigenvalue weighted by Gasteiger charge is -2.29. The molecule has 0 spiro atoms. The quantitative estimate of drug-likeness (QED) is 0.600. The van der Waals surface area contributed by atoms with Crippen LogP contribution in [0.5, 0.6) is 0 Å². The Labute approximate surface area is 120 Å². The number of halogens is 1. The van der Waals surface area contributed by atoms with Gasteiger partial charge in [-0.1, -0.05) is 36.4 Å². The lowest BCUT2D eigenvalue weighted by Crippen LogP contribution is -2.20. The zero-order chi connectivity index (χ0) is 12.5. The van der Waals surface area contributed by atoms with E-state index < -0.39 is 0 Å². The van der Waals surface area contributed by atoms with Crippen LogP contribution in [0.2, 0.25) is 0 Å². The molecule has 0 radical (unpaired) electrons. The third kappa shape index (κ3) is 2.21. The van der Waals surface area contributed by atoms with Crippen molar-refractivity contribution in [2.24, 2.45) is 0 Å². The van der Waals surface area contributed by atoms with Crippen molar-refractivity contribution in [1.82, 2.24) is 0 Å². The van der Waals surface area contributed by atoms with Crippen LogP contribution in [0.4, 0.5) is 0 Å². The van der Waals surface area contributed by atoms with E-state index in [1.807, 2.05) is 24.3 Å². The van der Waals surface area contributed by atoms with Crippen molar-refractivity contribution in [1.29, 1.82) is 0 Å². The number of carbonyl (C=O) groups is 1. The number of hydrogen-bond acceptors (Lipinski definition) is 1. The highest BCUT2D eigenvalue weighted by atomic mass is 127. The fourth-order valence-corrected chi connectivity index (χ4v) is 2.88. The molecule has 0 saturated heterocycles. The molecule has 0 N–H and O–H groups in total. The van der Waals surface area contributed by atoms with Gasteiger partial charge in [0.1, 0.15) is 0 Å². The van der Waals surface area contributed by atoms with Gasteiger partial charge in [-0.3, -0.25) is 4.79 Å². The minimum atomic E-state index is 0.255. The molecule has 2 aromatic rings. The summed E-state index contributed by atoms with van der Waals surface area (Å²) in [5.41, 5.74) is 3.59. The minimum Gasteiger partial charge on any atom is -0.294 e. The average molecular weight is 348 g/mol. The number of Topliss-reactive ketones (excluding diaryl/α,β-unsaturated/α-hetero) is 1. The maximum atomic E-state index is 12.2. The molecule has 0 amide bonds. The Morgan fingerprint density at radius 2 is 1.83 bits per heavy atom. The molecule has 0 aromatic heterocycles. The van der Waals surface area contributed by atoms with Crippen LogP contribution in [0, 0.1) is 3.57 Å². The van der Waals surface area contributed by atoms with Gasteiger partial charge in [-0.2, -0.15) is 0 Å². The van der Waals surface area contributed by atoms with Crippen LogP contribution < -0.4 is 0 Å². The highest BCUT2D eigenvalue weighted by Crippen LogP contribution is 2.37. The summed E-state index contributed by atoms with van der Waals surface area (Å²) in [6.07, 6.45) is 1.68. The maximum Gasteiger partial charge on any atom is 0.163 e. The summed E-state index contributed by atoms with van der Waals surface area (Å²) in [6, 6.07) is 16.2. The van der Waals surface area contributed by atoms with Crippen LogP contribution in [0.25, 0.3) is 0 Å². The highest BCUT2D eigenvalue weighted by molar-refractivity contribution is 14.1. The van der Waals surface area contributed by atoms with Crippen LogP contribution in [-0.2, 0) is 6.42 Å². The number of carbonyl (C=O) groups excluding carboxylic acids is 1. The molecule has 0 aliphatic heterocycles. The second kappa shape index (κ2) is 4.84. The summed E-state index contributed by atoms with van der Waals surface area (Å²) in [4.78, 5) is 12.2. The summed E-state index contributed by atoms with van der Waals surface area (Å²) in [6.45, 7) is 0. The second-order valence-corrected chi connectivity index (χ2v) is 5.98. The smallest absolute Gasteiger partial charge is 0.163 e. The van der Waals surface area contributed by atoms with E-state index in [2.05, 4.69) is 46.9 Å². The zero-order valence-electron chi connectivity index (χ0n) is 9.90. The van der Waals surface area contributed by atoms with Crippen molar-refractivity contribution >= 4 is 28.4 Å². The fraction of sp³-hybridized carbons (Fsp3) is 0.188. The first kappa shape index (κ1) is 11.9. The lowest BCUT2D eigenvalue weighted by atomic mass is 9.74. The molecule has 0 saturated carbocycles. The number of hydrogen-bond donors (Lipinski definition) is 0. The van der Waals surface area contributed by atoms with Crippen molar-refractivity contribution in [3.8, 4) is 0 Å². The van der Waals surface area contributed by atoms with E-state index in [9.17, 15) is 4.79 Å². The van der Waals surface area contributed by atoms with Crippen LogP contribution in [0.3, 0.4) is 0 Å². The van der Waals surface area contributed by atoms with Crippen LogP contribution in [0.1, 0.15) is 33.8 Å². The molecule has 1 aliphatic carbocycles. The Balaban J connectivity index is 1.72. The Morgan fingerprint density at radius 3 is 2.56 bits per heavy atom. The summed E-state index contributed by atoms with van der Waals surface area (Å²) >= 11 is 2.25. The molecule has 2 heteroatoms. The second-order valence-electron chi connectivity index (χ2n) is 4.73. The molecule has 2 aromatic carbocycles. The Kier molecular flexibility index (Phi) is 3.20. The average Bonchev–Trinajstić information content (AvgIpc) is 2.36. The summed E-state index contributed by atoms with van der Waals surface area (Å²) < 4.78 is 1.16. The van der Waals surface area contributed by atoms with Gasteiger partial charge >= 0.3 is 0 Å². The van der Waals surface area contributed by atoms with Gasteiger partial charge < -0.3 is 0 Å². The molecular formula is C16H13IO. The molecule has 1 nitrogen and oxygen atoms in total. The molecule has 18 heavy (non-hydrogen) atoms. The SMILES string of the molecule is O=C(CC1Cc2ccccc21)c1ccc(I)cc1. The number of ketones is 1. The molecule has 0 fully saturated rings. The number of rotatable bonds is 3. The van der Waals surface area contributed by atoms with Gasteiger partial charge in [-0.15, -0.1) is 0 Å². The monoisotopic (exact) mass is 348 g/mol.